The van der Waals surface area contributed by atoms with Gasteiger partial charge in [-0.05, 0) is 40.5 Å². The average molecular weight is 481 g/mol. The minimum absolute atomic E-state index is 0.0119. The zero-order valence-electron chi connectivity index (χ0n) is 21.0. The number of carboxylic acids is 1. The van der Waals surface area contributed by atoms with Gasteiger partial charge in [-0.3, -0.25) is 9.59 Å². The van der Waals surface area contributed by atoms with Gasteiger partial charge in [0.15, 0.2) is 0 Å². The molecule has 0 aromatic heterocycles. The minimum atomic E-state index is -0.947. The van der Waals surface area contributed by atoms with Crippen molar-refractivity contribution < 1.29 is 24.2 Å². The normalized spacial score (nSPS) is 14.4. The van der Waals surface area contributed by atoms with Gasteiger partial charge in [-0.15, -0.1) is 0 Å². The Morgan fingerprint density at radius 1 is 1.00 bits per heavy atom. The lowest BCUT2D eigenvalue weighted by atomic mass is 9.84. The Balaban J connectivity index is 1.59. The number of amides is 2. The molecule has 0 saturated heterocycles. The summed E-state index contributed by atoms with van der Waals surface area (Å²) in [6.07, 6.45) is 0.866. The fraction of sp³-hybridized carbons (Fsp3) is 0.464. The maximum atomic E-state index is 12.8. The van der Waals surface area contributed by atoms with Gasteiger partial charge in [-0.25, -0.2) is 4.79 Å². The van der Waals surface area contributed by atoms with Gasteiger partial charge in [-0.2, -0.15) is 0 Å². The van der Waals surface area contributed by atoms with Crippen LogP contribution in [-0.2, 0) is 14.3 Å². The first kappa shape index (κ1) is 26.3. The number of rotatable bonds is 10. The predicted molar refractivity (Wildman–Crippen MR) is 135 cm³/mol. The highest BCUT2D eigenvalue weighted by Crippen LogP contribution is 2.44. The quantitative estimate of drug-likeness (QED) is 0.446. The molecule has 35 heavy (non-hydrogen) atoms. The Morgan fingerprint density at radius 2 is 1.57 bits per heavy atom. The first-order valence-electron chi connectivity index (χ1n) is 12.2. The molecule has 0 spiro atoms. The van der Waals surface area contributed by atoms with E-state index >= 15 is 0 Å². The molecule has 2 amide bonds. The average Bonchev–Trinajstić information content (AvgIpc) is 3.13. The number of nitrogens with one attached hydrogen (secondary N) is 2. The Labute approximate surface area is 207 Å². The summed E-state index contributed by atoms with van der Waals surface area (Å²) in [4.78, 5) is 37.0. The number of ether oxygens (including phenoxy) is 1. The molecule has 0 fully saturated rings. The molecule has 188 valence electrons. The van der Waals surface area contributed by atoms with Crippen LogP contribution in [0.25, 0.3) is 11.1 Å². The molecule has 7 nitrogen and oxygen atoms in total. The van der Waals surface area contributed by atoms with E-state index in [2.05, 4.69) is 22.8 Å². The van der Waals surface area contributed by atoms with E-state index in [1.165, 1.54) is 0 Å². The van der Waals surface area contributed by atoms with Crippen LogP contribution < -0.4 is 10.6 Å². The van der Waals surface area contributed by atoms with Crippen molar-refractivity contribution in [2.75, 3.05) is 13.2 Å². The summed E-state index contributed by atoms with van der Waals surface area (Å²) in [6.45, 7) is 7.97. The van der Waals surface area contributed by atoms with E-state index in [0.717, 1.165) is 22.3 Å². The lowest BCUT2D eigenvalue weighted by Crippen LogP contribution is -2.48. The molecule has 2 atom stereocenters. The number of carbonyl (C=O) groups is 3. The van der Waals surface area contributed by atoms with E-state index < -0.39 is 29.9 Å². The third-order valence-corrected chi connectivity index (χ3v) is 6.26. The van der Waals surface area contributed by atoms with Crippen LogP contribution in [0.1, 0.15) is 64.0 Å². The number of aliphatic carboxylic acids is 1. The van der Waals surface area contributed by atoms with Crippen molar-refractivity contribution in [3.63, 3.8) is 0 Å². The fourth-order valence-electron chi connectivity index (χ4n) is 4.67. The highest BCUT2D eigenvalue weighted by molar-refractivity contribution is 5.86. The minimum Gasteiger partial charge on any atom is -0.481 e. The summed E-state index contributed by atoms with van der Waals surface area (Å²) in [7, 11) is 0. The summed E-state index contributed by atoms with van der Waals surface area (Å²) in [6, 6.07) is 15.4. The van der Waals surface area contributed by atoms with Crippen molar-refractivity contribution in [1.29, 1.82) is 0 Å². The topological polar surface area (TPSA) is 105 Å². The van der Waals surface area contributed by atoms with Gasteiger partial charge in [0, 0.05) is 12.5 Å². The lowest BCUT2D eigenvalue weighted by molar-refractivity contribution is -0.142. The van der Waals surface area contributed by atoms with Crippen molar-refractivity contribution in [1.82, 2.24) is 10.6 Å². The van der Waals surface area contributed by atoms with Gasteiger partial charge < -0.3 is 20.5 Å². The summed E-state index contributed by atoms with van der Waals surface area (Å²) >= 11 is 0. The summed E-state index contributed by atoms with van der Waals surface area (Å²) in [5.74, 6) is -2.12. The lowest BCUT2D eigenvalue weighted by Gasteiger charge is -2.24. The van der Waals surface area contributed by atoms with Crippen LogP contribution in [0, 0.1) is 11.3 Å². The van der Waals surface area contributed by atoms with Crippen LogP contribution in [-0.4, -0.2) is 42.3 Å². The molecule has 2 aromatic carbocycles. The molecule has 1 unspecified atom stereocenters. The van der Waals surface area contributed by atoms with Crippen LogP contribution in [0.3, 0.4) is 0 Å². The zero-order chi connectivity index (χ0) is 25.6. The maximum absolute atomic E-state index is 12.8. The van der Waals surface area contributed by atoms with E-state index in [1.807, 2.05) is 64.1 Å². The molecule has 3 rings (SSSR count). The SMILES string of the molecule is CCC[C@@H](NC(=O)OCC1c2ccccc2-c2ccccc21)C(=O)NCC(CC(C)(C)C)C(=O)O. The van der Waals surface area contributed by atoms with E-state index in [1.54, 1.807) is 0 Å². The van der Waals surface area contributed by atoms with Crippen LogP contribution >= 0.6 is 0 Å². The molecule has 0 aliphatic heterocycles. The monoisotopic (exact) mass is 480 g/mol. The van der Waals surface area contributed by atoms with Crippen molar-refractivity contribution in [3.05, 3.63) is 59.7 Å². The Hall–Kier alpha value is -3.35. The Bertz CT molecular complexity index is 1010. The fourth-order valence-corrected chi connectivity index (χ4v) is 4.67. The molecular formula is C28H36N2O5. The van der Waals surface area contributed by atoms with Gasteiger partial charge in [0.2, 0.25) is 5.91 Å². The zero-order valence-corrected chi connectivity index (χ0v) is 21.0. The number of hydrogen-bond donors (Lipinski definition) is 3. The molecule has 1 aliphatic carbocycles. The molecule has 2 aromatic rings. The predicted octanol–water partition coefficient (Wildman–Crippen LogP) is 4.95. The second-order valence-corrected chi connectivity index (χ2v) is 10.4. The molecule has 1 aliphatic rings. The molecule has 7 heteroatoms. The molecular weight excluding hydrogens is 444 g/mol. The van der Waals surface area contributed by atoms with Gasteiger partial charge in [-0.1, -0.05) is 82.6 Å². The highest BCUT2D eigenvalue weighted by Gasteiger charge is 2.30. The molecule has 0 bridgehead atoms. The number of hydrogen-bond acceptors (Lipinski definition) is 4. The van der Waals surface area contributed by atoms with Gasteiger partial charge in [0.05, 0.1) is 5.92 Å². The highest BCUT2D eigenvalue weighted by atomic mass is 16.5. The van der Waals surface area contributed by atoms with Gasteiger partial charge in [0.25, 0.3) is 0 Å². The Morgan fingerprint density at radius 3 is 2.09 bits per heavy atom. The van der Waals surface area contributed by atoms with Crippen molar-refractivity contribution in [3.8, 4) is 11.1 Å². The number of fused-ring (bicyclic) bond motifs is 3. The van der Waals surface area contributed by atoms with Crippen LogP contribution in [0.4, 0.5) is 4.79 Å². The number of benzene rings is 2. The third kappa shape index (κ3) is 6.84. The van der Waals surface area contributed by atoms with Crippen molar-refractivity contribution in [2.45, 2.75) is 58.9 Å². The van der Waals surface area contributed by atoms with E-state index in [9.17, 15) is 19.5 Å². The smallest absolute Gasteiger partial charge is 0.407 e. The standard InChI is InChI=1S/C28H36N2O5/c1-5-10-24(25(31)29-16-18(26(32)33)15-28(2,3)4)30-27(34)35-17-23-21-13-8-6-11-19(21)20-12-7-9-14-22(20)23/h6-9,11-14,18,23-24H,5,10,15-17H2,1-4H3,(H,29,31)(H,30,34)(H,32,33)/t18?,24-/m1/s1. The molecule has 0 heterocycles. The third-order valence-electron chi connectivity index (χ3n) is 6.26. The number of carboxylic acid groups (broad SMARTS) is 1. The maximum Gasteiger partial charge on any atom is 0.407 e. The van der Waals surface area contributed by atoms with E-state index in [-0.39, 0.29) is 24.5 Å². The van der Waals surface area contributed by atoms with Gasteiger partial charge in [0.1, 0.15) is 12.6 Å². The van der Waals surface area contributed by atoms with Crippen LogP contribution in [0.5, 0.6) is 0 Å². The number of carbonyl (C=O) groups excluding carboxylic acids is 2. The molecule has 0 radical (unpaired) electrons. The van der Waals surface area contributed by atoms with Crippen LogP contribution in [0.15, 0.2) is 48.5 Å². The Kier molecular flexibility index (Phi) is 8.54. The first-order chi connectivity index (χ1) is 16.6. The molecule has 3 N–H and O–H groups in total. The van der Waals surface area contributed by atoms with Crippen LogP contribution in [0.2, 0.25) is 0 Å². The first-order valence-corrected chi connectivity index (χ1v) is 12.2. The van der Waals surface area contributed by atoms with E-state index in [4.69, 9.17) is 4.74 Å². The summed E-state index contributed by atoms with van der Waals surface area (Å²) in [5.41, 5.74) is 4.33. The van der Waals surface area contributed by atoms with Gasteiger partial charge >= 0.3 is 12.1 Å². The largest absolute Gasteiger partial charge is 0.481 e. The second-order valence-electron chi connectivity index (χ2n) is 10.4. The molecule has 0 saturated carbocycles. The second kappa shape index (κ2) is 11.4. The summed E-state index contributed by atoms with van der Waals surface area (Å²) < 4.78 is 5.57. The summed E-state index contributed by atoms with van der Waals surface area (Å²) in [5, 5.41) is 14.9. The van der Waals surface area contributed by atoms with Crippen molar-refractivity contribution >= 4 is 18.0 Å². The van der Waals surface area contributed by atoms with E-state index in [0.29, 0.717) is 19.3 Å². The van der Waals surface area contributed by atoms with Crippen molar-refractivity contribution in [2.24, 2.45) is 11.3 Å². The number of alkyl carbamates (subject to hydrolysis) is 1.